The molecule has 158 valence electrons. The van der Waals surface area contributed by atoms with Crippen molar-refractivity contribution in [1.29, 1.82) is 0 Å². The van der Waals surface area contributed by atoms with Crippen LogP contribution in [-0.2, 0) is 5.54 Å². The topological polar surface area (TPSA) is 74.6 Å². The quantitative estimate of drug-likeness (QED) is 0.640. The fourth-order valence-electron chi connectivity index (χ4n) is 5.81. The molecule has 2 N–H and O–H groups in total. The Morgan fingerprint density at radius 1 is 1.03 bits per heavy atom. The minimum atomic E-state index is -0.485. The molecule has 0 bridgehead atoms. The maximum absolute atomic E-state index is 13.2. The Morgan fingerprint density at radius 2 is 1.77 bits per heavy atom. The summed E-state index contributed by atoms with van der Waals surface area (Å²) in [7, 11) is 0. The molecule has 6 rings (SSSR count). The number of piperidine rings is 1. The van der Waals surface area contributed by atoms with Gasteiger partial charge < -0.3 is 20.0 Å². The highest BCUT2D eigenvalue weighted by Gasteiger charge is 2.46. The molecule has 0 atom stereocenters. The number of amides is 3. The fourth-order valence-corrected chi connectivity index (χ4v) is 6.06. The summed E-state index contributed by atoms with van der Waals surface area (Å²) in [4.78, 5) is 27.5. The average Bonchev–Trinajstić information content (AvgIpc) is 3.35. The van der Waals surface area contributed by atoms with E-state index >= 15 is 0 Å². The van der Waals surface area contributed by atoms with Crippen LogP contribution in [0.5, 0.6) is 0 Å². The first-order valence-electron chi connectivity index (χ1n) is 11.1. The maximum Gasteiger partial charge on any atom is 0.319 e. The zero-order valence-electron chi connectivity index (χ0n) is 17.0. The van der Waals surface area contributed by atoms with Crippen LogP contribution in [0.4, 0.5) is 10.5 Å². The number of carbonyl (C=O) groups is 2. The van der Waals surface area contributed by atoms with Crippen molar-refractivity contribution < 1.29 is 14.0 Å². The molecule has 2 spiro atoms. The van der Waals surface area contributed by atoms with Crippen LogP contribution >= 0.6 is 11.6 Å². The van der Waals surface area contributed by atoms with Crippen LogP contribution in [-0.4, -0.2) is 29.9 Å². The van der Waals surface area contributed by atoms with Crippen LogP contribution in [0.3, 0.4) is 0 Å². The summed E-state index contributed by atoms with van der Waals surface area (Å²) in [6.45, 7) is 1.60. The number of rotatable bonds is 1. The molecule has 2 aliphatic carbocycles. The molecule has 1 aromatic carbocycles. The Hall–Kier alpha value is -2.21. The van der Waals surface area contributed by atoms with Crippen LogP contribution < -0.4 is 10.6 Å². The van der Waals surface area contributed by atoms with Gasteiger partial charge in [0.05, 0.1) is 16.2 Å². The Kier molecular flexibility index (Phi) is 3.95. The van der Waals surface area contributed by atoms with Crippen molar-refractivity contribution in [3.8, 4) is 0 Å². The molecule has 2 saturated carbocycles. The summed E-state index contributed by atoms with van der Waals surface area (Å²) in [6, 6.07) is 3.39. The lowest BCUT2D eigenvalue weighted by Crippen LogP contribution is -2.52. The number of urea groups is 1. The van der Waals surface area contributed by atoms with Gasteiger partial charge >= 0.3 is 6.03 Å². The highest BCUT2D eigenvalue weighted by Crippen LogP contribution is 2.54. The zero-order chi connectivity index (χ0) is 20.5. The number of likely N-dealkylation sites (tertiary alicyclic amines) is 1. The van der Waals surface area contributed by atoms with Gasteiger partial charge in [0, 0.05) is 24.0 Å². The number of hydrogen-bond acceptors (Lipinski definition) is 3. The number of nitrogens with one attached hydrogen (secondary N) is 2. The number of nitrogens with zero attached hydrogens (tertiary/aromatic N) is 1. The standard InChI is InChI=1S/C23H26ClN3O3/c24-15-12-14-13-16(20(28)27-10-8-22(6-7-22)9-11-27)30-19(14)17-18(15)25-21(29)26-23(17)4-2-1-3-5-23/h12-13H,1-11H2,(H2,25,26,29). The van der Waals surface area contributed by atoms with Crippen molar-refractivity contribution in [3.05, 3.63) is 28.5 Å². The Morgan fingerprint density at radius 3 is 2.47 bits per heavy atom. The van der Waals surface area contributed by atoms with Crippen molar-refractivity contribution in [3.63, 3.8) is 0 Å². The van der Waals surface area contributed by atoms with Crippen LogP contribution in [0.1, 0.15) is 73.9 Å². The molecule has 1 aromatic heterocycles. The molecule has 6 nitrogen and oxygen atoms in total. The first kappa shape index (κ1) is 18.6. The molecule has 0 radical (unpaired) electrons. The molecule has 30 heavy (non-hydrogen) atoms. The number of halogens is 1. The third-order valence-corrected chi connectivity index (χ3v) is 8.11. The Bertz CT molecular complexity index is 1060. The van der Waals surface area contributed by atoms with E-state index in [2.05, 4.69) is 10.6 Å². The van der Waals surface area contributed by atoms with Gasteiger partial charge in [0.25, 0.3) is 5.91 Å². The molecule has 1 saturated heterocycles. The lowest BCUT2D eigenvalue weighted by Gasteiger charge is -2.42. The van der Waals surface area contributed by atoms with Gasteiger partial charge in [0.1, 0.15) is 5.58 Å². The molecular formula is C23H26ClN3O3. The lowest BCUT2D eigenvalue weighted by atomic mass is 9.74. The van der Waals surface area contributed by atoms with Gasteiger partial charge in [-0.3, -0.25) is 4.79 Å². The van der Waals surface area contributed by atoms with Crippen molar-refractivity contribution in [1.82, 2.24) is 10.2 Å². The predicted molar refractivity (Wildman–Crippen MR) is 115 cm³/mol. The smallest absolute Gasteiger partial charge is 0.319 e. The van der Waals surface area contributed by atoms with E-state index < -0.39 is 5.54 Å². The second-order valence-electron chi connectivity index (χ2n) is 9.65. The Labute approximate surface area is 180 Å². The first-order chi connectivity index (χ1) is 14.5. The molecule has 3 heterocycles. The maximum atomic E-state index is 13.2. The summed E-state index contributed by atoms with van der Waals surface area (Å²) < 4.78 is 6.23. The summed E-state index contributed by atoms with van der Waals surface area (Å²) >= 11 is 6.59. The second kappa shape index (κ2) is 6.39. The molecule has 2 aliphatic heterocycles. The second-order valence-corrected chi connectivity index (χ2v) is 10.1. The minimum Gasteiger partial charge on any atom is -0.450 e. The first-order valence-corrected chi connectivity index (χ1v) is 11.5. The lowest BCUT2D eigenvalue weighted by molar-refractivity contribution is 0.0648. The van der Waals surface area contributed by atoms with Gasteiger partial charge in [-0.15, -0.1) is 0 Å². The number of fused-ring (bicyclic) bond motifs is 4. The van der Waals surface area contributed by atoms with Gasteiger partial charge in [-0.05, 0) is 56.1 Å². The molecule has 3 amide bonds. The van der Waals surface area contributed by atoms with E-state index in [4.69, 9.17) is 16.0 Å². The summed E-state index contributed by atoms with van der Waals surface area (Å²) in [5, 5.41) is 7.34. The summed E-state index contributed by atoms with van der Waals surface area (Å²) in [5.74, 6) is 0.321. The predicted octanol–water partition coefficient (Wildman–Crippen LogP) is 5.40. The highest BCUT2D eigenvalue weighted by atomic mass is 35.5. The van der Waals surface area contributed by atoms with Crippen molar-refractivity contribution in [2.75, 3.05) is 18.4 Å². The summed E-state index contributed by atoms with van der Waals surface area (Å²) in [5.41, 5.74) is 2.23. The SMILES string of the molecule is O=C1Nc2c(Cl)cc3cc(C(=O)N4CCC5(CC4)CC5)oc3c2C2(CCCCC2)N1. The van der Waals surface area contributed by atoms with Crippen LogP contribution in [0.25, 0.3) is 11.0 Å². The zero-order valence-corrected chi connectivity index (χ0v) is 17.7. The molecule has 0 unspecified atom stereocenters. The number of anilines is 1. The van der Waals surface area contributed by atoms with Gasteiger partial charge in [0.15, 0.2) is 5.76 Å². The van der Waals surface area contributed by atoms with E-state index in [-0.39, 0.29) is 11.9 Å². The molecule has 4 aliphatic rings. The van der Waals surface area contributed by atoms with Crippen LogP contribution in [0.15, 0.2) is 16.5 Å². The largest absolute Gasteiger partial charge is 0.450 e. The highest BCUT2D eigenvalue weighted by molar-refractivity contribution is 6.35. The van der Waals surface area contributed by atoms with Crippen molar-refractivity contribution >= 4 is 40.2 Å². The van der Waals surface area contributed by atoms with Gasteiger partial charge in [-0.2, -0.15) is 0 Å². The number of carbonyl (C=O) groups excluding carboxylic acids is 2. The van der Waals surface area contributed by atoms with Gasteiger partial charge in [-0.1, -0.05) is 30.9 Å². The van der Waals surface area contributed by atoms with Gasteiger partial charge in [0.2, 0.25) is 0 Å². The Balaban J connectivity index is 1.42. The summed E-state index contributed by atoms with van der Waals surface area (Å²) in [6.07, 6.45) is 9.74. The normalized spacial score (nSPS) is 23.9. The van der Waals surface area contributed by atoms with E-state index in [0.717, 1.165) is 69.0 Å². The van der Waals surface area contributed by atoms with Crippen molar-refractivity contribution in [2.45, 2.75) is 63.3 Å². The number of hydrogen-bond donors (Lipinski definition) is 2. The fraction of sp³-hybridized carbons (Fsp3) is 0.565. The third kappa shape index (κ3) is 2.76. The van der Waals surface area contributed by atoms with E-state index in [1.165, 1.54) is 12.8 Å². The van der Waals surface area contributed by atoms with E-state index in [9.17, 15) is 9.59 Å². The minimum absolute atomic E-state index is 0.0444. The molecular weight excluding hydrogens is 402 g/mol. The van der Waals surface area contributed by atoms with E-state index in [1.807, 2.05) is 11.0 Å². The molecule has 7 heteroatoms. The number of furan rings is 1. The van der Waals surface area contributed by atoms with Crippen molar-refractivity contribution in [2.24, 2.45) is 5.41 Å². The van der Waals surface area contributed by atoms with Gasteiger partial charge in [-0.25, -0.2) is 4.79 Å². The van der Waals surface area contributed by atoms with E-state index in [0.29, 0.717) is 27.5 Å². The van der Waals surface area contributed by atoms with Crippen LogP contribution in [0, 0.1) is 5.41 Å². The third-order valence-electron chi connectivity index (χ3n) is 7.82. The molecule has 2 aromatic rings. The monoisotopic (exact) mass is 427 g/mol. The van der Waals surface area contributed by atoms with Crippen LogP contribution in [0.2, 0.25) is 5.02 Å². The number of benzene rings is 1. The van der Waals surface area contributed by atoms with E-state index in [1.54, 1.807) is 6.07 Å². The average molecular weight is 428 g/mol. The molecule has 3 fully saturated rings.